The van der Waals surface area contributed by atoms with E-state index in [4.69, 9.17) is 5.73 Å². The molecule has 0 saturated carbocycles. The largest absolute Gasteiger partial charge is 0.328 e. The van der Waals surface area contributed by atoms with Gasteiger partial charge in [-0.1, -0.05) is 0 Å². The van der Waals surface area contributed by atoms with Crippen LogP contribution in [0.4, 0.5) is 0 Å². The van der Waals surface area contributed by atoms with Crippen molar-refractivity contribution < 1.29 is 0 Å². The summed E-state index contributed by atoms with van der Waals surface area (Å²) in [4.78, 5) is 13.9. The zero-order chi connectivity index (χ0) is 11.5. The Morgan fingerprint density at radius 3 is 2.88 bits per heavy atom. The lowest BCUT2D eigenvalue weighted by molar-refractivity contribution is 0.719. The number of nitrogens with zero attached hydrogens (tertiary/aromatic N) is 3. The van der Waals surface area contributed by atoms with E-state index in [9.17, 15) is 0 Å². The van der Waals surface area contributed by atoms with Gasteiger partial charge in [0, 0.05) is 30.0 Å². The smallest absolute Gasteiger partial charge is 0.171 e. The quantitative estimate of drug-likeness (QED) is 0.879. The first kappa shape index (κ1) is 11.2. The van der Waals surface area contributed by atoms with Crippen molar-refractivity contribution in [1.29, 1.82) is 0 Å². The highest BCUT2D eigenvalue weighted by atomic mass is 32.1. The molecule has 0 aliphatic heterocycles. The molecule has 1 atom stereocenters. The standard InChI is InChI=1S/C11H14N4S/c1-7(12)3-9-4-8(2)14-11(15-9)10-5-13-6-16-10/h4-7H,3,12H2,1-2H3. The zero-order valence-corrected chi connectivity index (χ0v) is 10.2. The van der Waals surface area contributed by atoms with Crippen molar-refractivity contribution in [2.75, 3.05) is 0 Å². The van der Waals surface area contributed by atoms with Gasteiger partial charge in [-0.05, 0) is 19.9 Å². The third-order valence-electron chi connectivity index (χ3n) is 2.09. The van der Waals surface area contributed by atoms with Gasteiger partial charge in [0.25, 0.3) is 0 Å². The number of hydrogen-bond donors (Lipinski definition) is 1. The summed E-state index contributed by atoms with van der Waals surface area (Å²) in [6.45, 7) is 3.95. The second-order valence-electron chi connectivity index (χ2n) is 3.87. The van der Waals surface area contributed by atoms with E-state index in [1.54, 1.807) is 23.0 Å². The minimum Gasteiger partial charge on any atom is -0.328 e. The highest BCUT2D eigenvalue weighted by Crippen LogP contribution is 2.19. The monoisotopic (exact) mass is 234 g/mol. The summed E-state index contributed by atoms with van der Waals surface area (Å²) in [5.74, 6) is 0.748. The van der Waals surface area contributed by atoms with Crippen LogP contribution < -0.4 is 5.73 Å². The minimum atomic E-state index is 0.114. The number of hydrogen-bond acceptors (Lipinski definition) is 5. The van der Waals surface area contributed by atoms with Gasteiger partial charge in [0.2, 0.25) is 0 Å². The van der Waals surface area contributed by atoms with E-state index >= 15 is 0 Å². The summed E-state index contributed by atoms with van der Waals surface area (Å²) in [7, 11) is 0. The van der Waals surface area contributed by atoms with Crippen molar-refractivity contribution >= 4 is 11.3 Å². The summed E-state index contributed by atoms with van der Waals surface area (Å²) >= 11 is 1.54. The van der Waals surface area contributed by atoms with Crippen LogP contribution in [0.5, 0.6) is 0 Å². The lowest BCUT2D eigenvalue weighted by Gasteiger charge is -2.06. The second kappa shape index (κ2) is 4.67. The van der Waals surface area contributed by atoms with Gasteiger partial charge >= 0.3 is 0 Å². The summed E-state index contributed by atoms with van der Waals surface area (Å²) in [5, 5.41) is 0. The van der Waals surface area contributed by atoms with Crippen LogP contribution in [0, 0.1) is 6.92 Å². The van der Waals surface area contributed by atoms with E-state index in [-0.39, 0.29) is 6.04 Å². The van der Waals surface area contributed by atoms with E-state index in [0.29, 0.717) is 0 Å². The predicted octanol–water partition coefficient (Wildman–Crippen LogP) is 1.80. The highest BCUT2D eigenvalue weighted by molar-refractivity contribution is 7.13. The van der Waals surface area contributed by atoms with Gasteiger partial charge < -0.3 is 5.73 Å². The van der Waals surface area contributed by atoms with Gasteiger partial charge in [0.05, 0.1) is 10.4 Å². The van der Waals surface area contributed by atoms with Gasteiger partial charge in [-0.3, -0.25) is 4.98 Å². The Morgan fingerprint density at radius 2 is 2.25 bits per heavy atom. The topological polar surface area (TPSA) is 64.7 Å². The van der Waals surface area contributed by atoms with Crippen LogP contribution in [0.1, 0.15) is 18.3 Å². The van der Waals surface area contributed by atoms with Gasteiger partial charge in [0.15, 0.2) is 5.82 Å². The minimum absolute atomic E-state index is 0.114. The number of aryl methyl sites for hydroxylation is 1. The summed E-state index contributed by atoms with van der Waals surface area (Å²) in [5.41, 5.74) is 9.52. The van der Waals surface area contributed by atoms with E-state index in [1.165, 1.54) is 0 Å². The van der Waals surface area contributed by atoms with Crippen molar-refractivity contribution in [3.8, 4) is 10.7 Å². The molecule has 2 rings (SSSR count). The molecule has 2 N–H and O–H groups in total. The Hall–Kier alpha value is -1.33. The molecule has 0 bridgehead atoms. The van der Waals surface area contributed by atoms with Crippen molar-refractivity contribution in [2.45, 2.75) is 26.3 Å². The Balaban J connectivity index is 2.36. The molecule has 1 unspecified atom stereocenters. The van der Waals surface area contributed by atoms with E-state index in [2.05, 4.69) is 15.0 Å². The van der Waals surface area contributed by atoms with Crippen molar-refractivity contribution in [2.24, 2.45) is 5.73 Å². The molecule has 0 saturated heterocycles. The molecule has 0 spiro atoms. The van der Waals surface area contributed by atoms with Crippen molar-refractivity contribution in [3.63, 3.8) is 0 Å². The summed E-state index contributed by atoms with van der Waals surface area (Å²) in [6, 6.07) is 2.09. The molecule has 0 amide bonds. The zero-order valence-electron chi connectivity index (χ0n) is 9.34. The fourth-order valence-electron chi connectivity index (χ4n) is 1.50. The summed E-state index contributed by atoms with van der Waals surface area (Å²) in [6.07, 6.45) is 2.56. The average molecular weight is 234 g/mol. The summed E-state index contributed by atoms with van der Waals surface area (Å²) < 4.78 is 0. The average Bonchev–Trinajstić information content (AvgIpc) is 2.67. The molecule has 84 valence electrons. The second-order valence-corrected chi connectivity index (χ2v) is 4.76. The molecule has 0 aliphatic carbocycles. The van der Waals surface area contributed by atoms with Crippen LogP contribution in [-0.2, 0) is 6.42 Å². The molecular formula is C11H14N4S. The number of nitrogens with two attached hydrogens (primary N) is 1. The molecule has 0 aliphatic rings. The maximum absolute atomic E-state index is 5.77. The maximum atomic E-state index is 5.77. The fourth-order valence-corrected chi connectivity index (χ4v) is 2.06. The molecule has 5 heteroatoms. The van der Waals surface area contributed by atoms with Crippen LogP contribution in [0.2, 0.25) is 0 Å². The Bertz CT molecular complexity index is 465. The Morgan fingerprint density at radius 1 is 1.44 bits per heavy atom. The number of aromatic nitrogens is 3. The maximum Gasteiger partial charge on any atom is 0.171 e. The van der Waals surface area contributed by atoms with Crippen molar-refractivity contribution in [3.05, 3.63) is 29.2 Å². The van der Waals surface area contributed by atoms with Crippen molar-refractivity contribution in [1.82, 2.24) is 15.0 Å². The third-order valence-corrected chi connectivity index (χ3v) is 2.86. The number of thiazole rings is 1. The molecule has 16 heavy (non-hydrogen) atoms. The molecule has 0 fully saturated rings. The first-order valence-electron chi connectivity index (χ1n) is 5.14. The predicted molar refractivity (Wildman–Crippen MR) is 65.2 cm³/mol. The Labute approximate surface area is 98.6 Å². The number of rotatable bonds is 3. The normalized spacial score (nSPS) is 12.7. The van der Waals surface area contributed by atoms with Gasteiger partial charge in [-0.2, -0.15) is 0 Å². The van der Waals surface area contributed by atoms with E-state index in [0.717, 1.165) is 28.5 Å². The molecule has 2 heterocycles. The molecule has 4 nitrogen and oxygen atoms in total. The van der Waals surface area contributed by atoms with Gasteiger partial charge in [-0.25, -0.2) is 9.97 Å². The lowest BCUT2D eigenvalue weighted by Crippen LogP contribution is -2.18. The van der Waals surface area contributed by atoms with Crippen LogP contribution in [0.3, 0.4) is 0 Å². The van der Waals surface area contributed by atoms with Crippen LogP contribution in [0.15, 0.2) is 17.8 Å². The first-order chi connectivity index (χ1) is 7.65. The molecule has 2 aromatic heterocycles. The third kappa shape index (κ3) is 2.62. The SMILES string of the molecule is Cc1cc(CC(C)N)nc(-c2cncs2)n1. The van der Waals surface area contributed by atoms with Gasteiger partial charge in [0.1, 0.15) is 0 Å². The molecule has 0 aromatic carbocycles. The van der Waals surface area contributed by atoms with Crippen LogP contribution >= 0.6 is 11.3 Å². The lowest BCUT2D eigenvalue weighted by atomic mass is 10.2. The molecule has 2 aromatic rings. The van der Waals surface area contributed by atoms with E-state index < -0.39 is 0 Å². The van der Waals surface area contributed by atoms with Crippen LogP contribution in [-0.4, -0.2) is 21.0 Å². The van der Waals surface area contributed by atoms with Crippen LogP contribution in [0.25, 0.3) is 10.7 Å². The highest BCUT2D eigenvalue weighted by Gasteiger charge is 2.07. The molecule has 0 radical (unpaired) electrons. The fraction of sp³-hybridized carbons (Fsp3) is 0.364. The first-order valence-corrected chi connectivity index (χ1v) is 6.02. The van der Waals surface area contributed by atoms with E-state index in [1.807, 2.05) is 19.9 Å². The Kier molecular flexibility index (Phi) is 3.26. The molecular weight excluding hydrogens is 220 g/mol. The van der Waals surface area contributed by atoms with Gasteiger partial charge in [-0.15, -0.1) is 11.3 Å².